The number of pyridine rings is 1. The number of carbonyl (C=O) groups excluding carboxylic acids is 3. The zero-order valence-corrected chi connectivity index (χ0v) is 17.2. The quantitative estimate of drug-likeness (QED) is 0.794. The second-order valence-electron chi connectivity index (χ2n) is 8.22. The van der Waals surface area contributed by atoms with Gasteiger partial charge in [0.25, 0.3) is 5.91 Å². The minimum Gasteiger partial charge on any atom is -0.366 e. The van der Waals surface area contributed by atoms with Crippen LogP contribution in [0.4, 0.5) is 0 Å². The van der Waals surface area contributed by atoms with Crippen molar-refractivity contribution in [3.05, 3.63) is 41.6 Å². The molecule has 2 N–H and O–H groups in total. The van der Waals surface area contributed by atoms with E-state index in [1.54, 1.807) is 0 Å². The standard InChI is InChI=1S/C23H28N4O3/c24-23(30)18-15-17-5-1-2-6-19(17)25-22(18)16-9-13-27(14-10-16)21(29)8-4-12-26-11-3-7-20(26)28/h1-2,5-6,15-16H,3-4,7-14H2,(H2,24,30). The van der Waals surface area contributed by atoms with Crippen LogP contribution in [0, 0.1) is 0 Å². The van der Waals surface area contributed by atoms with Crippen molar-refractivity contribution in [1.29, 1.82) is 0 Å². The van der Waals surface area contributed by atoms with E-state index in [1.807, 2.05) is 40.1 Å². The highest BCUT2D eigenvalue weighted by molar-refractivity contribution is 5.97. The molecule has 2 aromatic rings. The van der Waals surface area contributed by atoms with Gasteiger partial charge < -0.3 is 15.5 Å². The van der Waals surface area contributed by atoms with Gasteiger partial charge in [-0.15, -0.1) is 0 Å². The zero-order chi connectivity index (χ0) is 21.1. The Morgan fingerprint density at radius 3 is 2.60 bits per heavy atom. The van der Waals surface area contributed by atoms with Gasteiger partial charge in [-0.1, -0.05) is 18.2 Å². The third-order valence-corrected chi connectivity index (χ3v) is 6.24. The number of nitrogens with two attached hydrogens (primary N) is 1. The van der Waals surface area contributed by atoms with Gasteiger partial charge in [-0.2, -0.15) is 0 Å². The van der Waals surface area contributed by atoms with E-state index in [4.69, 9.17) is 10.7 Å². The van der Waals surface area contributed by atoms with E-state index in [0.717, 1.165) is 42.4 Å². The minimum atomic E-state index is -0.460. The molecule has 1 aromatic carbocycles. The molecule has 0 saturated carbocycles. The highest BCUT2D eigenvalue weighted by atomic mass is 16.2. The third kappa shape index (κ3) is 4.30. The fourth-order valence-electron chi connectivity index (χ4n) is 4.56. The predicted octanol–water partition coefficient (Wildman–Crippen LogP) is 2.44. The van der Waals surface area contributed by atoms with E-state index < -0.39 is 5.91 Å². The Labute approximate surface area is 176 Å². The van der Waals surface area contributed by atoms with Crippen LogP contribution in [0.5, 0.6) is 0 Å². The lowest BCUT2D eigenvalue weighted by atomic mass is 9.89. The first kappa shape index (κ1) is 20.3. The molecule has 2 aliphatic heterocycles. The van der Waals surface area contributed by atoms with Crippen molar-refractivity contribution < 1.29 is 14.4 Å². The molecule has 0 atom stereocenters. The Bertz CT molecular complexity index is 966. The SMILES string of the molecule is NC(=O)c1cc2ccccc2nc1C1CCN(C(=O)CCCN2CCCC2=O)CC1. The van der Waals surface area contributed by atoms with Gasteiger partial charge in [-0.3, -0.25) is 19.4 Å². The van der Waals surface area contributed by atoms with Crippen LogP contribution in [0.3, 0.4) is 0 Å². The number of hydrogen-bond acceptors (Lipinski definition) is 4. The van der Waals surface area contributed by atoms with Crippen LogP contribution >= 0.6 is 0 Å². The molecule has 3 heterocycles. The Morgan fingerprint density at radius 1 is 1.13 bits per heavy atom. The number of likely N-dealkylation sites (tertiary alicyclic amines) is 2. The van der Waals surface area contributed by atoms with Gasteiger partial charge in [0, 0.05) is 50.3 Å². The van der Waals surface area contributed by atoms with E-state index in [-0.39, 0.29) is 17.7 Å². The first-order valence-corrected chi connectivity index (χ1v) is 10.8. The topological polar surface area (TPSA) is 96.6 Å². The average molecular weight is 409 g/mol. The molecular weight excluding hydrogens is 380 g/mol. The normalized spacial score (nSPS) is 17.7. The number of nitrogens with zero attached hydrogens (tertiary/aromatic N) is 3. The maximum absolute atomic E-state index is 12.6. The van der Waals surface area contributed by atoms with Crippen LogP contribution in [-0.4, -0.2) is 58.7 Å². The van der Waals surface area contributed by atoms with Gasteiger partial charge in [0.05, 0.1) is 16.8 Å². The maximum atomic E-state index is 12.6. The fourth-order valence-corrected chi connectivity index (χ4v) is 4.56. The minimum absolute atomic E-state index is 0.114. The molecular formula is C23H28N4O3. The van der Waals surface area contributed by atoms with Crippen LogP contribution in [0.1, 0.15) is 60.5 Å². The Balaban J connectivity index is 1.36. The summed E-state index contributed by atoms with van der Waals surface area (Å²) in [6, 6.07) is 9.54. The van der Waals surface area contributed by atoms with E-state index >= 15 is 0 Å². The third-order valence-electron chi connectivity index (χ3n) is 6.24. The number of fused-ring (bicyclic) bond motifs is 1. The summed E-state index contributed by atoms with van der Waals surface area (Å²) in [7, 11) is 0. The molecule has 4 rings (SSSR count). The first-order chi connectivity index (χ1) is 14.5. The van der Waals surface area contributed by atoms with Crippen molar-refractivity contribution in [3.63, 3.8) is 0 Å². The number of piperidine rings is 1. The summed E-state index contributed by atoms with van der Waals surface area (Å²) in [6.45, 7) is 2.79. The van der Waals surface area contributed by atoms with Gasteiger partial charge >= 0.3 is 0 Å². The van der Waals surface area contributed by atoms with Crippen molar-refractivity contribution in [3.8, 4) is 0 Å². The van der Waals surface area contributed by atoms with Gasteiger partial charge in [-0.05, 0) is 37.8 Å². The lowest BCUT2D eigenvalue weighted by Crippen LogP contribution is -2.38. The largest absolute Gasteiger partial charge is 0.366 e. The predicted molar refractivity (Wildman–Crippen MR) is 114 cm³/mol. The number of amides is 3. The number of benzene rings is 1. The number of aromatic nitrogens is 1. The smallest absolute Gasteiger partial charge is 0.250 e. The van der Waals surface area contributed by atoms with E-state index in [1.165, 1.54) is 0 Å². The summed E-state index contributed by atoms with van der Waals surface area (Å²) in [4.78, 5) is 44.8. The number of primary amides is 1. The summed E-state index contributed by atoms with van der Waals surface area (Å²) >= 11 is 0. The molecule has 7 nitrogen and oxygen atoms in total. The molecule has 1 aromatic heterocycles. The summed E-state index contributed by atoms with van der Waals surface area (Å²) in [5.74, 6) is -0.000286. The van der Waals surface area contributed by atoms with Crippen molar-refractivity contribution in [2.45, 2.75) is 44.4 Å². The number of rotatable bonds is 6. The van der Waals surface area contributed by atoms with Crippen LogP contribution < -0.4 is 5.73 Å². The Morgan fingerprint density at radius 2 is 1.90 bits per heavy atom. The van der Waals surface area contributed by atoms with Gasteiger partial charge in [0.1, 0.15) is 0 Å². The summed E-state index contributed by atoms with van der Waals surface area (Å²) < 4.78 is 0. The lowest BCUT2D eigenvalue weighted by Gasteiger charge is -2.32. The van der Waals surface area contributed by atoms with Gasteiger partial charge in [0.15, 0.2) is 0 Å². The molecule has 2 saturated heterocycles. The number of para-hydroxylation sites is 1. The molecule has 0 spiro atoms. The summed E-state index contributed by atoms with van der Waals surface area (Å²) in [6.07, 6.45) is 4.27. The molecule has 3 amide bonds. The first-order valence-electron chi connectivity index (χ1n) is 10.8. The Kier molecular flexibility index (Phi) is 5.97. The molecule has 30 heavy (non-hydrogen) atoms. The summed E-state index contributed by atoms with van der Waals surface area (Å²) in [5, 5.41) is 0.902. The van der Waals surface area contributed by atoms with Crippen molar-refractivity contribution in [2.24, 2.45) is 5.73 Å². The fraction of sp³-hybridized carbons (Fsp3) is 0.478. The maximum Gasteiger partial charge on any atom is 0.250 e. The highest BCUT2D eigenvalue weighted by Gasteiger charge is 2.28. The van der Waals surface area contributed by atoms with Crippen molar-refractivity contribution in [1.82, 2.24) is 14.8 Å². The van der Waals surface area contributed by atoms with Crippen molar-refractivity contribution in [2.75, 3.05) is 26.2 Å². The molecule has 2 aliphatic rings. The lowest BCUT2D eigenvalue weighted by molar-refractivity contribution is -0.133. The number of hydrogen-bond donors (Lipinski definition) is 1. The molecule has 0 radical (unpaired) electrons. The van der Waals surface area contributed by atoms with E-state index in [9.17, 15) is 14.4 Å². The zero-order valence-electron chi connectivity index (χ0n) is 17.2. The summed E-state index contributed by atoms with van der Waals surface area (Å²) in [5.41, 5.74) is 7.72. The van der Waals surface area contributed by atoms with Crippen LogP contribution in [0.25, 0.3) is 10.9 Å². The van der Waals surface area contributed by atoms with E-state index in [2.05, 4.69) is 0 Å². The molecule has 158 valence electrons. The van der Waals surface area contributed by atoms with Crippen LogP contribution in [-0.2, 0) is 9.59 Å². The monoisotopic (exact) mass is 408 g/mol. The highest BCUT2D eigenvalue weighted by Crippen LogP contribution is 2.31. The van der Waals surface area contributed by atoms with Crippen LogP contribution in [0.15, 0.2) is 30.3 Å². The second kappa shape index (κ2) is 8.81. The molecule has 0 bridgehead atoms. The second-order valence-corrected chi connectivity index (χ2v) is 8.22. The van der Waals surface area contributed by atoms with Gasteiger partial charge in [-0.25, -0.2) is 0 Å². The van der Waals surface area contributed by atoms with Crippen molar-refractivity contribution >= 4 is 28.6 Å². The average Bonchev–Trinajstić information content (AvgIpc) is 3.17. The molecule has 0 unspecified atom stereocenters. The Hall–Kier alpha value is -2.96. The molecule has 0 aliphatic carbocycles. The van der Waals surface area contributed by atoms with Crippen LogP contribution in [0.2, 0.25) is 0 Å². The molecule has 2 fully saturated rings. The van der Waals surface area contributed by atoms with Gasteiger partial charge in [0.2, 0.25) is 11.8 Å². The van der Waals surface area contributed by atoms with E-state index in [0.29, 0.717) is 44.5 Å². The number of carbonyl (C=O) groups is 3. The molecule has 7 heteroatoms.